The molecule has 1 aliphatic heterocycles. The van der Waals surface area contributed by atoms with Gasteiger partial charge < -0.3 is 5.32 Å². The van der Waals surface area contributed by atoms with E-state index in [1.807, 2.05) is 24.3 Å². The summed E-state index contributed by atoms with van der Waals surface area (Å²) >= 11 is 15.5. The standard InChI is InChI=1S/C14H10BrCl2N/c15-10-2-4-13-9(5-10)7-14(18-13)8-1-3-11(16)12(17)6-8/h1-6,14,18H,7H2. The van der Waals surface area contributed by atoms with Crippen LogP contribution in [0.3, 0.4) is 0 Å². The molecular weight excluding hydrogens is 333 g/mol. The normalized spacial score (nSPS) is 17.4. The first-order chi connectivity index (χ1) is 8.63. The van der Waals surface area contributed by atoms with E-state index in [1.54, 1.807) is 0 Å². The van der Waals surface area contributed by atoms with E-state index in [4.69, 9.17) is 23.2 Å². The van der Waals surface area contributed by atoms with Gasteiger partial charge in [-0.3, -0.25) is 0 Å². The van der Waals surface area contributed by atoms with Gasteiger partial charge in [-0.15, -0.1) is 0 Å². The Morgan fingerprint density at radius 2 is 1.89 bits per heavy atom. The van der Waals surface area contributed by atoms with E-state index >= 15 is 0 Å². The molecule has 92 valence electrons. The minimum absolute atomic E-state index is 0.268. The zero-order chi connectivity index (χ0) is 12.7. The van der Waals surface area contributed by atoms with Crippen molar-refractivity contribution in [2.45, 2.75) is 12.5 Å². The van der Waals surface area contributed by atoms with Crippen molar-refractivity contribution in [3.8, 4) is 0 Å². The van der Waals surface area contributed by atoms with E-state index in [9.17, 15) is 0 Å². The van der Waals surface area contributed by atoms with Gasteiger partial charge in [-0.2, -0.15) is 0 Å². The molecule has 0 amide bonds. The maximum atomic E-state index is 6.06. The largest absolute Gasteiger partial charge is 0.378 e. The Labute approximate surface area is 124 Å². The lowest BCUT2D eigenvalue weighted by Crippen LogP contribution is -2.05. The molecule has 2 aromatic rings. The maximum Gasteiger partial charge on any atom is 0.0595 e. The van der Waals surface area contributed by atoms with Crippen molar-refractivity contribution in [1.29, 1.82) is 0 Å². The Hall–Kier alpha value is -0.700. The minimum Gasteiger partial charge on any atom is -0.378 e. The molecule has 0 spiro atoms. The molecule has 0 bridgehead atoms. The van der Waals surface area contributed by atoms with Gasteiger partial charge in [0.25, 0.3) is 0 Å². The number of nitrogens with one attached hydrogen (secondary N) is 1. The van der Waals surface area contributed by atoms with Crippen LogP contribution in [0.15, 0.2) is 40.9 Å². The third-order valence-corrected chi connectivity index (χ3v) is 4.40. The molecule has 1 heterocycles. The SMILES string of the molecule is Clc1ccc(C2Cc3cc(Br)ccc3N2)cc1Cl. The molecule has 1 nitrogen and oxygen atoms in total. The first-order valence-electron chi connectivity index (χ1n) is 5.63. The molecular formula is C14H10BrCl2N. The first kappa shape index (κ1) is 12.3. The zero-order valence-corrected chi connectivity index (χ0v) is 12.5. The smallest absolute Gasteiger partial charge is 0.0595 e. The molecule has 1 unspecified atom stereocenters. The second-order valence-electron chi connectivity index (χ2n) is 4.38. The molecule has 4 heteroatoms. The average molecular weight is 343 g/mol. The summed E-state index contributed by atoms with van der Waals surface area (Å²) in [6.45, 7) is 0. The van der Waals surface area contributed by atoms with Gasteiger partial charge in [0.1, 0.15) is 0 Å². The van der Waals surface area contributed by atoms with Gasteiger partial charge in [0, 0.05) is 10.2 Å². The van der Waals surface area contributed by atoms with Crippen LogP contribution in [0.5, 0.6) is 0 Å². The fourth-order valence-electron chi connectivity index (χ4n) is 2.26. The van der Waals surface area contributed by atoms with Crippen LogP contribution >= 0.6 is 39.1 Å². The van der Waals surface area contributed by atoms with E-state index < -0.39 is 0 Å². The number of hydrogen-bond acceptors (Lipinski definition) is 1. The molecule has 1 atom stereocenters. The number of anilines is 1. The molecule has 0 saturated heterocycles. The maximum absolute atomic E-state index is 6.06. The lowest BCUT2D eigenvalue weighted by molar-refractivity contribution is 0.824. The van der Waals surface area contributed by atoms with Gasteiger partial charge in [0.2, 0.25) is 0 Å². The number of hydrogen-bond donors (Lipinski definition) is 1. The van der Waals surface area contributed by atoms with Crippen molar-refractivity contribution in [3.63, 3.8) is 0 Å². The molecule has 1 aliphatic rings. The van der Waals surface area contributed by atoms with Gasteiger partial charge in [-0.1, -0.05) is 45.2 Å². The predicted molar refractivity (Wildman–Crippen MR) is 80.7 cm³/mol. The molecule has 0 fully saturated rings. The molecule has 0 saturated carbocycles. The Kier molecular flexibility index (Phi) is 3.27. The molecule has 3 rings (SSSR count). The summed E-state index contributed by atoms with van der Waals surface area (Å²) in [4.78, 5) is 0. The first-order valence-corrected chi connectivity index (χ1v) is 7.18. The summed E-state index contributed by atoms with van der Waals surface area (Å²) in [6.07, 6.45) is 0.965. The van der Waals surface area contributed by atoms with Gasteiger partial charge in [-0.05, 0) is 47.9 Å². The van der Waals surface area contributed by atoms with Crippen molar-refractivity contribution in [2.75, 3.05) is 5.32 Å². The molecule has 0 aromatic heterocycles. The topological polar surface area (TPSA) is 12.0 Å². The number of halogens is 3. The summed E-state index contributed by atoms with van der Waals surface area (Å²) < 4.78 is 1.11. The Morgan fingerprint density at radius 1 is 1.06 bits per heavy atom. The number of fused-ring (bicyclic) bond motifs is 1. The summed E-state index contributed by atoms with van der Waals surface area (Å²) in [5.41, 5.74) is 3.67. The van der Waals surface area contributed by atoms with Crippen LogP contribution in [0.1, 0.15) is 17.2 Å². The molecule has 2 aromatic carbocycles. The van der Waals surface area contributed by atoms with Crippen LogP contribution in [0.4, 0.5) is 5.69 Å². The van der Waals surface area contributed by atoms with Crippen molar-refractivity contribution < 1.29 is 0 Å². The van der Waals surface area contributed by atoms with Crippen LogP contribution < -0.4 is 5.32 Å². The second kappa shape index (κ2) is 4.76. The van der Waals surface area contributed by atoms with Crippen LogP contribution in [-0.4, -0.2) is 0 Å². The van der Waals surface area contributed by atoms with E-state index in [0.717, 1.165) is 16.5 Å². The highest BCUT2D eigenvalue weighted by molar-refractivity contribution is 9.10. The monoisotopic (exact) mass is 341 g/mol. The highest BCUT2D eigenvalue weighted by Gasteiger charge is 2.22. The van der Waals surface area contributed by atoms with E-state index in [0.29, 0.717) is 10.0 Å². The fraction of sp³-hybridized carbons (Fsp3) is 0.143. The van der Waals surface area contributed by atoms with Crippen LogP contribution in [0.25, 0.3) is 0 Å². The zero-order valence-electron chi connectivity index (χ0n) is 9.38. The van der Waals surface area contributed by atoms with Crippen molar-refractivity contribution in [1.82, 2.24) is 0 Å². The summed E-state index contributed by atoms with van der Waals surface area (Å²) in [6, 6.07) is 12.4. The van der Waals surface area contributed by atoms with Crippen molar-refractivity contribution in [3.05, 3.63) is 62.0 Å². The summed E-state index contributed by atoms with van der Waals surface area (Å²) in [7, 11) is 0. The third-order valence-electron chi connectivity index (χ3n) is 3.17. The minimum atomic E-state index is 0.268. The van der Waals surface area contributed by atoms with Crippen LogP contribution in [-0.2, 0) is 6.42 Å². The molecule has 1 N–H and O–H groups in total. The lowest BCUT2D eigenvalue weighted by Gasteiger charge is -2.12. The van der Waals surface area contributed by atoms with Crippen LogP contribution in [0.2, 0.25) is 10.0 Å². The Balaban J connectivity index is 1.91. The molecule has 0 aliphatic carbocycles. The van der Waals surface area contributed by atoms with Gasteiger partial charge in [-0.25, -0.2) is 0 Å². The van der Waals surface area contributed by atoms with Crippen molar-refractivity contribution >= 4 is 44.8 Å². The number of rotatable bonds is 1. The molecule has 18 heavy (non-hydrogen) atoms. The van der Waals surface area contributed by atoms with Gasteiger partial charge >= 0.3 is 0 Å². The van der Waals surface area contributed by atoms with Crippen molar-refractivity contribution in [2.24, 2.45) is 0 Å². The highest BCUT2D eigenvalue weighted by Crippen LogP contribution is 2.37. The molecule has 0 radical (unpaired) electrons. The average Bonchev–Trinajstić information content (AvgIpc) is 2.75. The van der Waals surface area contributed by atoms with Crippen LogP contribution in [0, 0.1) is 0 Å². The van der Waals surface area contributed by atoms with Gasteiger partial charge in [0.15, 0.2) is 0 Å². The van der Waals surface area contributed by atoms with E-state index in [1.165, 1.54) is 11.3 Å². The highest BCUT2D eigenvalue weighted by atomic mass is 79.9. The predicted octanol–water partition coefficient (Wildman–Crippen LogP) is 5.47. The Morgan fingerprint density at radius 3 is 2.67 bits per heavy atom. The quantitative estimate of drug-likeness (QED) is 0.725. The Bertz CT molecular complexity index is 613. The fourth-order valence-corrected chi connectivity index (χ4v) is 2.98. The van der Waals surface area contributed by atoms with E-state index in [2.05, 4.69) is 33.4 Å². The summed E-state index contributed by atoms with van der Waals surface area (Å²) in [5.74, 6) is 0. The second-order valence-corrected chi connectivity index (χ2v) is 6.11. The van der Waals surface area contributed by atoms with Gasteiger partial charge in [0.05, 0.1) is 16.1 Å². The third kappa shape index (κ3) is 2.25. The summed E-state index contributed by atoms with van der Waals surface area (Å²) in [5, 5.41) is 4.70. The van der Waals surface area contributed by atoms with E-state index in [-0.39, 0.29) is 6.04 Å². The number of benzene rings is 2. The lowest BCUT2D eigenvalue weighted by atomic mass is 10.0.